The molecule has 1 aromatic heterocycles. The topological polar surface area (TPSA) is 77.3 Å². The third-order valence-electron chi connectivity index (χ3n) is 7.00. The van der Waals surface area contributed by atoms with Gasteiger partial charge in [0.25, 0.3) is 5.91 Å². The molecule has 7 nitrogen and oxygen atoms in total. The number of thiophene rings is 1. The second-order valence-corrected chi connectivity index (χ2v) is 11.4. The molecule has 1 fully saturated rings. The number of hydrogen-bond donors (Lipinski definition) is 1. The SMILES string of the molecule is C#C.C=Cc1c(/C=C\C)sc(C(=O)N(Cc2cc(-c3ccc(OON(C)C)cc3)ccc2OC)C2CCCCC2)c1Cl.CN. The predicted octanol–water partition coefficient (Wildman–Crippen LogP) is 8.34. The quantitative estimate of drug-likeness (QED) is 0.129. The molecular formula is C35H44ClN3O4S. The minimum atomic E-state index is -0.0457. The van der Waals surface area contributed by atoms with Crippen molar-refractivity contribution in [3.63, 3.8) is 0 Å². The zero-order chi connectivity index (χ0) is 32.6. The molecule has 2 aromatic carbocycles. The summed E-state index contributed by atoms with van der Waals surface area (Å²) in [6.07, 6.45) is 19.0. The Morgan fingerprint density at radius 1 is 1.09 bits per heavy atom. The van der Waals surface area contributed by atoms with Gasteiger partial charge >= 0.3 is 0 Å². The minimum absolute atomic E-state index is 0.0457. The van der Waals surface area contributed by atoms with Crippen LogP contribution in [0.2, 0.25) is 5.02 Å². The van der Waals surface area contributed by atoms with Crippen LogP contribution in [0.1, 0.15) is 64.7 Å². The fourth-order valence-electron chi connectivity index (χ4n) is 5.02. The fraction of sp³-hybridized carbons (Fsp3) is 0.343. The van der Waals surface area contributed by atoms with E-state index in [0.717, 1.165) is 58.6 Å². The molecule has 1 amide bonds. The molecule has 1 saturated carbocycles. The van der Waals surface area contributed by atoms with Gasteiger partial charge in [-0.25, -0.2) is 0 Å². The highest BCUT2D eigenvalue weighted by molar-refractivity contribution is 7.15. The van der Waals surface area contributed by atoms with Crippen LogP contribution in [-0.2, 0) is 11.5 Å². The van der Waals surface area contributed by atoms with Gasteiger partial charge in [0.2, 0.25) is 0 Å². The summed E-state index contributed by atoms with van der Waals surface area (Å²) in [5.41, 5.74) is 8.29. The molecular weight excluding hydrogens is 594 g/mol. The van der Waals surface area contributed by atoms with Crippen LogP contribution in [0.15, 0.2) is 55.1 Å². The van der Waals surface area contributed by atoms with Gasteiger partial charge in [0.05, 0.1) is 12.1 Å². The first-order valence-electron chi connectivity index (χ1n) is 14.4. The number of nitrogens with two attached hydrogens (primary N) is 1. The number of nitrogens with zero attached hydrogens (tertiary/aromatic N) is 2. The average molecular weight is 638 g/mol. The number of hydroxylamine groups is 2. The van der Waals surface area contributed by atoms with Crippen molar-refractivity contribution in [2.75, 3.05) is 28.3 Å². The maximum atomic E-state index is 14.2. The Hall–Kier alpha value is -3.58. The third-order valence-corrected chi connectivity index (χ3v) is 8.66. The van der Waals surface area contributed by atoms with Crippen LogP contribution in [0.3, 0.4) is 0 Å². The van der Waals surface area contributed by atoms with Crippen LogP contribution < -0.4 is 15.4 Å². The standard InChI is InChI=1S/C32H37ClN2O4S.C2H2.CH5N/c1-6-11-29-27(7-2)30(33)31(40-29)32(36)35(25-12-9-8-10-13-25)21-24-20-23(16-19-28(24)37-5)22-14-17-26(18-15-22)38-39-34(3)4;2*1-2/h6-7,11,14-20,25H,2,8-10,12-13,21H2,1,3-5H3;1-2H;2H2,1H3/b11-6-;;. The molecule has 9 heteroatoms. The number of hydrogen-bond acceptors (Lipinski definition) is 7. The summed E-state index contributed by atoms with van der Waals surface area (Å²) >= 11 is 8.20. The Kier molecular flexibility index (Phi) is 15.8. The van der Waals surface area contributed by atoms with E-state index in [1.54, 1.807) is 27.3 Å². The summed E-state index contributed by atoms with van der Waals surface area (Å²) in [5, 5.41) is 1.95. The first kappa shape index (κ1) is 36.6. The van der Waals surface area contributed by atoms with E-state index in [4.69, 9.17) is 26.2 Å². The molecule has 2 N–H and O–H groups in total. The number of terminal acetylenes is 1. The van der Waals surface area contributed by atoms with E-state index in [2.05, 4.69) is 31.2 Å². The van der Waals surface area contributed by atoms with Gasteiger partial charge < -0.3 is 20.3 Å². The van der Waals surface area contributed by atoms with E-state index in [1.807, 2.05) is 60.4 Å². The number of ether oxygens (including phenoxy) is 1. The van der Waals surface area contributed by atoms with Gasteiger partial charge in [-0.3, -0.25) is 4.79 Å². The van der Waals surface area contributed by atoms with Crippen molar-refractivity contribution in [2.45, 2.75) is 51.6 Å². The van der Waals surface area contributed by atoms with Gasteiger partial charge in [-0.1, -0.05) is 72.8 Å². The summed E-state index contributed by atoms with van der Waals surface area (Å²) in [4.78, 5) is 28.1. The largest absolute Gasteiger partial charge is 0.496 e. The van der Waals surface area contributed by atoms with Gasteiger partial charge in [-0.2, -0.15) is 5.06 Å². The van der Waals surface area contributed by atoms with Crippen molar-refractivity contribution >= 4 is 41.0 Å². The van der Waals surface area contributed by atoms with Crippen molar-refractivity contribution in [1.82, 2.24) is 9.96 Å². The van der Waals surface area contributed by atoms with Crippen molar-refractivity contribution in [1.29, 1.82) is 0 Å². The van der Waals surface area contributed by atoms with Crippen LogP contribution in [0.4, 0.5) is 0 Å². The molecule has 0 atom stereocenters. The van der Waals surface area contributed by atoms with E-state index >= 15 is 0 Å². The van der Waals surface area contributed by atoms with Crippen molar-refractivity contribution < 1.29 is 19.4 Å². The average Bonchev–Trinajstić information content (AvgIpc) is 3.39. The molecule has 4 rings (SSSR count). The van der Waals surface area contributed by atoms with E-state index in [0.29, 0.717) is 22.2 Å². The Bertz CT molecular complexity index is 1390. The fourth-order valence-corrected chi connectivity index (χ4v) is 6.57. The lowest BCUT2D eigenvalue weighted by molar-refractivity contribution is -0.349. The first-order valence-corrected chi connectivity index (χ1v) is 15.6. The molecule has 3 aromatic rings. The molecule has 0 radical (unpaired) electrons. The van der Waals surface area contributed by atoms with Crippen LogP contribution >= 0.6 is 22.9 Å². The zero-order valence-electron chi connectivity index (χ0n) is 26.3. The number of allylic oxidation sites excluding steroid dienone is 1. The summed E-state index contributed by atoms with van der Waals surface area (Å²) in [5.74, 6) is 1.30. The lowest BCUT2D eigenvalue weighted by Crippen LogP contribution is -2.40. The molecule has 0 spiro atoms. The maximum Gasteiger partial charge on any atom is 0.266 e. The van der Waals surface area contributed by atoms with E-state index in [9.17, 15) is 4.79 Å². The normalized spacial score (nSPS) is 13.0. The van der Waals surface area contributed by atoms with E-state index in [1.165, 1.54) is 29.9 Å². The number of halogens is 1. The first-order chi connectivity index (χ1) is 21.4. The van der Waals surface area contributed by atoms with E-state index < -0.39 is 0 Å². The van der Waals surface area contributed by atoms with Crippen LogP contribution in [0, 0.1) is 12.8 Å². The Labute approximate surface area is 271 Å². The van der Waals surface area contributed by atoms with Crippen molar-refractivity contribution in [3.8, 4) is 35.5 Å². The number of rotatable bonds is 11. The second kappa shape index (κ2) is 18.9. The molecule has 0 unspecified atom stereocenters. The van der Waals surface area contributed by atoms with Gasteiger partial charge in [0, 0.05) is 42.7 Å². The summed E-state index contributed by atoms with van der Waals surface area (Å²) in [6.45, 7) is 6.30. The number of methoxy groups -OCH3 is 1. The highest BCUT2D eigenvalue weighted by Crippen LogP contribution is 2.38. The minimum Gasteiger partial charge on any atom is -0.496 e. The number of carbonyl (C=O) groups excluding carboxylic acids is 1. The zero-order valence-corrected chi connectivity index (χ0v) is 27.9. The lowest BCUT2D eigenvalue weighted by Gasteiger charge is -2.34. The van der Waals surface area contributed by atoms with Crippen LogP contribution in [0.25, 0.3) is 23.3 Å². The van der Waals surface area contributed by atoms with Crippen molar-refractivity contribution in [2.24, 2.45) is 5.73 Å². The van der Waals surface area contributed by atoms with Gasteiger partial charge in [-0.05, 0) is 68.3 Å². The van der Waals surface area contributed by atoms with Crippen LogP contribution in [0.5, 0.6) is 11.5 Å². The summed E-state index contributed by atoms with van der Waals surface area (Å²) in [6, 6.07) is 13.9. The monoisotopic (exact) mass is 637 g/mol. The van der Waals surface area contributed by atoms with E-state index in [-0.39, 0.29) is 11.9 Å². The molecule has 0 bridgehead atoms. The lowest BCUT2D eigenvalue weighted by atomic mass is 9.93. The highest BCUT2D eigenvalue weighted by Gasteiger charge is 2.31. The molecule has 0 aliphatic heterocycles. The van der Waals surface area contributed by atoms with Gasteiger partial charge in [0.1, 0.15) is 10.6 Å². The summed E-state index contributed by atoms with van der Waals surface area (Å²) < 4.78 is 5.75. The smallest absolute Gasteiger partial charge is 0.266 e. The van der Waals surface area contributed by atoms with Crippen LogP contribution in [-0.4, -0.2) is 50.2 Å². The van der Waals surface area contributed by atoms with Gasteiger partial charge in [-0.15, -0.1) is 24.2 Å². The Morgan fingerprint density at radius 3 is 2.30 bits per heavy atom. The second-order valence-electron chi connectivity index (χ2n) is 9.97. The molecule has 44 heavy (non-hydrogen) atoms. The predicted molar refractivity (Wildman–Crippen MR) is 185 cm³/mol. The number of amides is 1. The summed E-state index contributed by atoms with van der Waals surface area (Å²) in [7, 11) is 6.67. The number of carbonyl (C=O) groups is 1. The molecule has 1 heterocycles. The maximum absolute atomic E-state index is 14.2. The third kappa shape index (κ3) is 9.46. The molecule has 236 valence electrons. The number of benzene rings is 2. The van der Waals surface area contributed by atoms with Gasteiger partial charge in [0.15, 0.2) is 5.75 Å². The molecule has 1 aliphatic rings. The molecule has 0 saturated heterocycles. The highest BCUT2D eigenvalue weighted by atomic mass is 35.5. The van der Waals surface area contributed by atoms with Crippen molar-refractivity contribution in [3.05, 3.63) is 81.0 Å². The molecule has 1 aliphatic carbocycles. The Morgan fingerprint density at radius 2 is 1.73 bits per heavy atom. The Balaban J connectivity index is 0.00000162.